The third-order valence-corrected chi connectivity index (χ3v) is 4.58. The highest BCUT2D eigenvalue weighted by atomic mass is 32.2. The smallest absolute Gasteiger partial charge is 0.378 e. The summed E-state index contributed by atoms with van der Waals surface area (Å²) in [7, 11) is -3.79. The molecule has 0 spiro atoms. The van der Waals surface area contributed by atoms with Gasteiger partial charge in [0.05, 0.1) is 18.5 Å². The monoisotopic (exact) mass is 347 g/mol. The molecule has 0 aliphatic carbocycles. The molecule has 1 aliphatic rings. The van der Waals surface area contributed by atoms with Crippen LogP contribution in [-0.4, -0.2) is 76.7 Å². The number of hydrogen-bond acceptors (Lipinski definition) is 5. The minimum Gasteiger partial charge on any atom is -0.378 e. The summed E-state index contributed by atoms with van der Waals surface area (Å²) in [6, 6.07) is -1.81. The van der Waals surface area contributed by atoms with Gasteiger partial charge in [-0.25, -0.2) is 13.1 Å². The van der Waals surface area contributed by atoms with Crippen molar-refractivity contribution in [3.8, 4) is 0 Å². The Morgan fingerprint density at radius 3 is 2.36 bits per heavy atom. The third-order valence-electron chi connectivity index (χ3n) is 3.27. The molecule has 22 heavy (non-hydrogen) atoms. The van der Waals surface area contributed by atoms with Gasteiger partial charge in [0.25, 0.3) is 0 Å². The summed E-state index contributed by atoms with van der Waals surface area (Å²) in [5.41, 5.74) is 0. The van der Waals surface area contributed by atoms with Crippen molar-refractivity contribution in [2.24, 2.45) is 0 Å². The predicted molar refractivity (Wildman–Crippen MR) is 77.2 cm³/mol. The van der Waals surface area contributed by atoms with Gasteiger partial charge in [0.1, 0.15) is 6.04 Å². The molecule has 0 aromatic rings. The Labute approximate surface area is 129 Å². The molecule has 1 heterocycles. The highest BCUT2D eigenvalue weighted by molar-refractivity contribution is 7.89. The quantitative estimate of drug-likeness (QED) is 0.655. The Bertz CT molecular complexity index is 423. The number of hydrogen-bond donors (Lipinski definition) is 2. The largest absolute Gasteiger partial charge is 0.405 e. The van der Waals surface area contributed by atoms with Crippen LogP contribution in [0.3, 0.4) is 0 Å². The van der Waals surface area contributed by atoms with Crippen LogP contribution in [0.2, 0.25) is 0 Å². The van der Waals surface area contributed by atoms with Gasteiger partial charge >= 0.3 is 6.18 Å². The van der Waals surface area contributed by atoms with Crippen LogP contribution in [-0.2, 0) is 14.8 Å². The molecule has 0 aromatic carbocycles. The van der Waals surface area contributed by atoms with E-state index in [0.29, 0.717) is 13.1 Å². The van der Waals surface area contributed by atoms with Gasteiger partial charge in [-0.1, -0.05) is 0 Å². The zero-order valence-corrected chi connectivity index (χ0v) is 13.6. The van der Waals surface area contributed by atoms with Crippen LogP contribution in [0, 0.1) is 0 Å². The van der Waals surface area contributed by atoms with Crippen LogP contribution >= 0.6 is 0 Å². The molecule has 1 unspecified atom stereocenters. The van der Waals surface area contributed by atoms with Gasteiger partial charge in [-0.2, -0.15) is 13.2 Å². The van der Waals surface area contributed by atoms with E-state index in [1.807, 2.05) is 4.72 Å². The minimum atomic E-state index is -4.48. The summed E-state index contributed by atoms with van der Waals surface area (Å²) in [5, 5.41) is 2.97. The summed E-state index contributed by atoms with van der Waals surface area (Å²) >= 11 is 0. The Hall–Kier alpha value is -0.420. The van der Waals surface area contributed by atoms with Crippen molar-refractivity contribution in [1.29, 1.82) is 0 Å². The van der Waals surface area contributed by atoms with E-state index in [1.54, 1.807) is 13.8 Å². The zero-order chi connectivity index (χ0) is 16.8. The molecule has 0 radical (unpaired) electrons. The van der Waals surface area contributed by atoms with Gasteiger partial charge < -0.3 is 10.1 Å². The molecule has 0 saturated carbocycles. The molecule has 1 saturated heterocycles. The first-order valence-electron chi connectivity index (χ1n) is 7.22. The number of nitrogens with one attached hydrogen (secondary N) is 2. The molecule has 2 N–H and O–H groups in total. The molecular formula is C12H24F3N3O3S. The molecule has 0 amide bonds. The molecule has 0 bridgehead atoms. The number of alkyl halides is 3. The number of rotatable bonds is 8. The van der Waals surface area contributed by atoms with Crippen LogP contribution in [0.1, 0.15) is 13.8 Å². The lowest BCUT2D eigenvalue weighted by atomic mass is 10.2. The summed E-state index contributed by atoms with van der Waals surface area (Å²) in [6.07, 6.45) is -4.60. The van der Waals surface area contributed by atoms with E-state index in [1.165, 1.54) is 4.90 Å². The molecule has 1 atom stereocenters. The Balaban J connectivity index is 2.55. The third kappa shape index (κ3) is 7.23. The lowest BCUT2D eigenvalue weighted by Gasteiger charge is -2.35. The molecular weight excluding hydrogens is 323 g/mol. The average molecular weight is 347 g/mol. The molecule has 6 nitrogen and oxygen atoms in total. The van der Waals surface area contributed by atoms with Crippen molar-refractivity contribution in [3.05, 3.63) is 0 Å². The van der Waals surface area contributed by atoms with Crippen molar-refractivity contribution in [2.45, 2.75) is 32.2 Å². The summed E-state index contributed by atoms with van der Waals surface area (Å²) < 4.78 is 70.0. The van der Waals surface area contributed by atoms with E-state index < -0.39 is 28.8 Å². The van der Waals surface area contributed by atoms with Gasteiger partial charge in [0.15, 0.2) is 0 Å². The van der Waals surface area contributed by atoms with E-state index in [9.17, 15) is 21.6 Å². The van der Waals surface area contributed by atoms with Crippen molar-refractivity contribution in [2.75, 3.05) is 45.1 Å². The second-order valence-corrected chi connectivity index (χ2v) is 7.36. The fourth-order valence-corrected chi connectivity index (χ4v) is 2.99. The van der Waals surface area contributed by atoms with Crippen molar-refractivity contribution < 1.29 is 26.3 Å². The van der Waals surface area contributed by atoms with Crippen LogP contribution in [0.25, 0.3) is 0 Å². The topological polar surface area (TPSA) is 70.7 Å². The van der Waals surface area contributed by atoms with Crippen LogP contribution in [0.15, 0.2) is 0 Å². The maximum atomic E-state index is 13.1. The minimum absolute atomic E-state index is 0.0443. The van der Waals surface area contributed by atoms with E-state index in [0.717, 1.165) is 0 Å². The van der Waals surface area contributed by atoms with Crippen molar-refractivity contribution in [1.82, 2.24) is 14.9 Å². The van der Waals surface area contributed by atoms with E-state index in [2.05, 4.69) is 5.32 Å². The second-order valence-electron chi connectivity index (χ2n) is 5.43. The van der Waals surface area contributed by atoms with E-state index in [4.69, 9.17) is 4.74 Å². The Morgan fingerprint density at radius 1 is 1.27 bits per heavy atom. The first kappa shape index (κ1) is 19.6. The Kier molecular flexibility index (Phi) is 7.53. The lowest BCUT2D eigenvalue weighted by molar-refractivity contribution is -0.182. The number of ether oxygens (including phenoxy) is 1. The lowest BCUT2D eigenvalue weighted by Crippen LogP contribution is -2.57. The number of sulfonamides is 1. The summed E-state index contributed by atoms with van der Waals surface area (Å²) in [6.45, 7) is 4.19. The molecule has 1 fully saturated rings. The fraction of sp³-hybridized carbons (Fsp3) is 1.00. The zero-order valence-electron chi connectivity index (χ0n) is 12.8. The maximum Gasteiger partial charge on any atom is 0.405 e. The number of piperazine rings is 1. The van der Waals surface area contributed by atoms with Gasteiger partial charge in [0.2, 0.25) is 10.0 Å². The van der Waals surface area contributed by atoms with Crippen LogP contribution in [0.5, 0.6) is 0 Å². The fourth-order valence-electron chi connectivity index (χ4n) is 2.12. The van der Waals surface area contributed by atoms with Gasteiger partial charge in [0, 0.05) is 32.7 Å². The van der Waals surface area contributed by atoms with Crippen molar-refractivity contribution in [3.63, 3.8) is 0 Å². The normalized spacial score (nSPS) is 19.5. The van der Waals surface area contributed by atoms with E-state index >= 15 is 0 Å². The van der Waals surface area contributed by atoms with Crippen LogP contribution < -0.4 is 10.0 Å². The first-order valence-corrected chi connectivity index (χ1v) is 8.87. The maximum absolute atomic E-state index is 13.1. The van der Waals surface area contributed by atoms with Gasteiger partial charge in [-0.05, 0) is 13.8 Å². The molecule has 1 rings (SSSR count). The molecule has 1 aliphatic heterocycles. The SMILES string of the molecule is CC(C)OCCS(=O)(=O)NCC(N1CCNCC1)C(F)(F)F. The Morgan fingerprint density at radius 2 is 1.86 bits per heavy atom. The number of nitrogens with zero attached hydrogens (tertiary/aromatic N) is 1. The van der Waals surface area contributed by atoms with Crippen LogP contribution in [0.4, 0.5) is 13.2 Å². The first-order chi connectivity index (χ1) is 10.1. The molecule has 10 heteroatoms. The standard InChI is InChI=1S/C12H24F3N3O3S/c1-10(2)21-7-8-22(19,20)17-9-11(12(13,14)15)18-5-3-16-4-6-18/h10-11,16-17H,3-9H2,1-2H3. The second kappa shape index (κ2) is 8.44. The van der Waals surface area contributed by atoms with Gasteiger partial charge in [-0.3, -0.25) is 4.90 Å². The average Bonchev–Trinajstić information content (AvgIpc) is 2.37. The van der Waals surface area contributed by atoms with E-state index in [-0.39, 0.29) is 31.6 Å². The molecule has 132 valence electrons. The predicted octanol–water partition coefficient (Wildman–Crippen LogP) is 0.167. The molecule has 0 aromatic heterocycles. The summed E-state index contributed by atoms with van der Waals surface area (Å²) in [5.74, 6) is -0.350. The highest BCUT2D eigenvalue weighted by Crippen LogP contribution is 2.24. The van der Waals surface area contributed by atoms with Gasteiger partial charge in [-0.15, -0.1) is 0 Å². The summed E-state index contributed by atoms with van der Waals surface area (Å²) in [4.78, 5) is 1.25. The number of halogens is 3. The van der Waals surface area contributed by atoms with Crippen molar-refractivity contribution >= 4 is 10.0 Å². The highest BCUT2D eigenvalue weighted by Gasteiger charge is 2.44.